The maximum atomic E-state index is 11.7. The normalized spacial score (nSPS) is 14.1. The summed E-state index contributed by atoms with van der Waals surface area (Å²) >= 11 is 0. The van der Waals surface area contributed by atoms with Crippen molar-refractivity contribution in [2.45, 2.75) is 0 Å². The minimum Gasteiger partial charge on any atom is -0.497 e. The van der Waals surface area contributed by atoms with E-state index in [-0.39, 0.29) is 11.7 Å². The number of methoxy groups -OCH3 is 1. The van der Waals surface area contributed by atoms with Crippen molar-refractivity contribution in [3.8, 4) is 5.75 Å². The average molecular weight is 235 g/mol. The Balaban J connectivity index is 1.99. The summed E-state index contributed by atoms with van der Waals surface area (Å²) in [6.07, 6.45) is 1.32. The topological polar surface area (TPSA) is 56.8 Å². The number of hydrogen-bond donors (Lipinski definition) is 1. The molecule has 5 heteroatoms. The van der Waals surface area contributed by atoms with Crippen molar-refractivity contribution < 1.29 is 19.0 Å². The zero-order chi connectivity index (χ0) is 12.1. The Morgan fingerprint density at radius 3 is 2.65 bits per heavy atom. The Hall–Kier alpha value is -2.17. The molecule has 5 nitrogen and oxygen atoms in total. The highest BCUT2D eigenvalue weighted by Gasteiger charge is 2.14. The lowest BCUT2D eigenvalue weighted by Crippen LogP contribution is -2.21. The summed E-state index contributed by atoms with van der Waals surface area (Å²) in [5.74, 6) is 0.599. The first-order chi connectivity index (χ1) is 8.29. The van der Waals surface area contributed by atoms with Gasteiger partial charge in [0, 0.05) is 5.69 Å². The van der Waals surface area contributed by atoms with Crippen molar-refractivity contribution in [2.24, 2.45) is 0 Å². The monoisotopic (exact) mass is 235 g/mol. The highest BCUT2D eigenvalue weighted by Crippen LogP contribution is 2.16. The standard InChI is InChI=1S/C12H13NO4/c1-15-10-4-2-9(3-5-10)13-12(14)11-8-16-6-7-17-11/h2-5,8H,6-7H2,1H3,(H,13,14). The molecule has 0 radical (unpaired) electrons. The largest absolute Gasteiger partial charge is 0.497 e. The number of carbonyl (C=O) groups is 1. The predicted octanol–water partition coefficient (Wildman–Crippen LogP) is 1.52. The van der Waals surface area contributed by atoms with Crippen LogP contribution in [0.2, 0.25) is 0 Å². The van der Waals surface area contributed by atoms with Gasteiger partial charge < -0.3 is 19.5 Å². The van der Waals surface area contributed by atoms with Crippen molar-refractivity contribution in [1.29, 1.82) is 0 Å². The van der Waals surface area contributed by atoms with E-state index in [0.29, 0.717) is 18.9 Å². The molecule has 1 aliphatic rings. The van der Waals surface area contributed by atoms with E-state index in [1.165, 1.54) is 6.26 Å². The molecule has 0 bridgehead atoms. The van der Waals surface area contributed by atoms with E-state index in [1.807, 2.05) is 0 Å². The maximum absolute atomic E-state index is 11.7. The number of rotatable bonds is 3. The van der Waals surface area contributed by atoms with Crippen LogP contribution in [0.3, 0.4) is 0 Å². The van der Waals surface area contributed by atoms with E-state index in [4.69, 9.17) is 14.2 Å². The van der Waals surface area contributed by atoms with Crippen molar-refractivity contribution in [3.05, 3.63) is 36.3 Å². The van der Waals surface area contributed by atoms with E-state index < -0.39 is 0 Å². The number of ether oxygens (including phenoxy) is 3. The summed E-state index contributed by atoms with van der Waals surface area (Å²) in [5, 5.41) is 2.70. The molecule has 1 aromatic rings. The quantitative estimate of drug-likeness (QED) is 0.863. The lowest BCUT2D eigenvalue weighted by Gasteiger charge is -2.15. The van der Waals surface area contributed by atoms with Crippen LogP contribution in [-0.4, -0.2) is 26.2 Å². The number of anilines is 1. The molecule has 0 unspecified atom stereocenters. The molecule has 0 saturated carbocycles. The van der Waals surface area contributed by atoms with Gasteiger partial charge in [0.25, 0.3) is 5.91 Å². The van der Waals surface area contributed by atoms with Crippen LogP contribution in [0.5, 0.6) is 5.75 Å². The van der Waals surface area contributed by atoms with Crippen molar-refractivity contribution in [1.82, 2.24) is 0 Å². The summed E-state index contributed by atoms with van der Waals surface area (Å²) in [7, 11) is 1.59. The van der Waals surface area contributed by atoms with Gasteiger partial charge in [-0.25, -0.2) is 0 Å². The first-order valence-corrected chi connectivity index (χ1v) is 5.19. The lowest BCUT2D eigenvalue weighted by atomic mass is 10.3. The molecule has 1 aliphatic heterocycles. The molecule has 90 valence electrons. The highest BCUT2D eigenvalue weighted by atomic mass is 16.6. The molecule has 17 heavy (non-hydrogen) atoms. The second-order valence-electron chi connectivity index (χ2n) is 3.38. The Kier molecular flexibility index (Phi) is 3.49. The number of carbonyl (C=O) groups excluding carboxylic acids is 1. The van der Waals surface area contributed by atoms with E-state index in [2.05, 4.69) is 5.32 Å². The molecular formula is C12H13NO4. The molecule has 0 aliphatic carbocycles. The smallest absolute Gasteiger partial charge is 0.294 e. The van der Waals surface area contributed by atoms with Gasteiger partial charge in [-0.3, -0.25) is 4.79 Å². The minimum absolute atomic E-state index is 0.187. The zero-order valence-electron chi connectivity index (χ0n) is 9.43. The second-order valence-corrected chi connectivity index (χ2v) is 3.38. The van der Waals surface area contributed by atoms with Gasteiger partial charge >= 0.3 is 0 Å². The Morgan fingerprint density at radius 2 is 2.06 bits per heavy atom. The molecular weight excluding hydrogens is 222 g/mol. The molecule has 1 heterocycles. The van der Waals surface area contributed by atoms with Gasteiger partial charge in [0.05, 0.1) is 7.11 Å². The molecule has 0 atom stereocenters. The minimum atomic E-state index is -0.324. The first kappa shape index (κ1) is 11.3. The van der Waals surface area contributed by atoms with Gasteiger partial charge in [-0.05, 0) is 24.3 Å². The lowest BCUT2D eigenvalue weighted by molar-refractivity contribution is -0.117. The van der Waals surface area contributed by atoms with Crippen LogP contribution in [0.15, 0.2) is 36.3 Å². The summed E-state index contributed by atoms with van der Waals surface area (Å²) in [5.41, 5.74) is 0.672. The van der Waals surface area contributed by atoms with Gasteiger partial charge in [-0.1, -0.05) is 0 Å². The van der Waals surface area contributed by atoms with Crippen molar-refractivity contribution >= 4 is 11.6 Å². The van der Waals surface area contributed by atoms with Gasteiger partial charge in [-0.2, -0.15) is 0 Å². The highest BCUT2D eigenvalue weighted by molar-refractivity contribution is 6.02. The van der Waals surface area contributed by atoms with Crippen LogP contribution >= 0.6 is 0 Å². The number of nitrogens with one attached hydrogen (secondary N) is 1. The fraction of sp³-hybridized carbons (Fsp3) is 0.250. The fourth-order valence-electron chi connectivity index (χ4n) is 1.35. The van der Waals surface area contributed by atoms with Gasteiger partial charge in [-0.15, -0.1) is 0 Å². The van der Waals surface area contributed by atoms with Crippen LogP contribution in [0.1, 0.15) is 0 Å². The number of hydrogen-bond acceptors (Lipinski definition) is 4. The van der Waals surface area contributed by atoms with Crippen LogP contribution < -0.4 is 10.1 Å². The van der Waals surface area contributed by atoms with E-state index in [9.17, 15) is 4.79 Å². The Labute approximate surface area is 99.0 Å². The third-order valence-corrected chi connectivity index (χ3v) is 2.22. The summed E-state index contributed by atoms with van der Waals surface area (Å²) in [6.45, 7) is 0.862. The third-order valence-electron chi connectivity index (χ3n) is 2.22. The SMILES string of the molecule is COc1ccc(NC(=O)C2=COCCO2)cc1. The predicted molar refractivity (Wildman–Crippen MR) is 61.6 cm³/mol. The summed E-state index contributed by atoms with van der Waals surface area (Å²) in [6, 6.07) is 7.03. The van der Waals surface area contributed by atoms with Crippen molar-refractivity contribution in [2.75, 3.05) is 25.6 Å². The van der Waals surface area contributed by atoms with Crippen LogP contribution in [0.4, 0.5) is 5.69 Å². The molecule has 1 amide bonds. The fourth-order valence-corrected chi connectivity index (χ4v) is 1.35. The number of amides is 1. The maximum Gasteiger partial charge on any atom is 0.294 e. The van der Waals surface area contributed by atoms with Gasteiger partial charge in [0.1, 0.15) is 25.2 Å². The van der Waals surface area contributed by atoms with Gasteiger partial charge in [0.2, 0.25) is 5.76 Å². The molecule has 0 aromatic heterocycles. The Bertz CT molecular complexity index is 425. The van der Waals surface area contributed by atoms with E-state index in [0.717, 1.165) is 5.75 Å². The van der Waals surface area contributed by atoms with Crippen LogP contribution in [0, 0.1) is 0 Å². The average Bonchev–Trinajstić information content (AvgIpc) is 2.40. The zero-order valence-corrected chi connectivity index (χ0v) is 9.43. The second kappa shape index (κ2) is 5.25. The van der Waals surface area contributed by atoms with E-state index >= 15 is 0 Å². The molecule has 0 saturated heterocycles. The van der Waals surface area contributed by atoms with Crippen molar-refractivity contribution in [3.63, 3.8) is 0 Å². The van der Waals surface area contributed by atoms with E-state index in [1.54, 1.807) is 31.4 Å². The molecule has 1 N–H and O–H groups in total. The summed E-state index contributed by atoms with van der Waals surface area (Å²) in [4.78, 5) is 11.7. The van der Waals surface area contributed by atoms with Crippen LogP contribution in [-0.2, 0) is 14.3 Å². The molecule has 2 rings (SSSR count). The van der Waals surface area contributed by atoms with Gasteiger partial charge in [0.15, 0.2) is 0 Å². The van der Waals surface area contributed by atoms with Crippen LogP contribution in [0.25, 0.3) is 0 Å². The Morgan fingerprint density at radius 1 is 1.29 bits per heavy atom. The first-order valence-electron chi connectivity index (χ1n) is 5.19. The molecule has 0 spiro atoms. The molecule has 1 aromatic carbocycles. The summed E-state index contributed by atoms with van der Waals surface area (Å²) < 4.78 is 15.2. The third kappa shape index (κ3) is 2.90. The molecule has 0 fully saturated rings. The number of benzene rings is 1.